The normalized spacial score (nSPS) is 20.4. The molecule has 3 N–H and O–H groups in total. The monoisotopic (exact) mass is 192 g/mol. The third kappa shape index (κ3) is 1.45. The highest BCUT2D eigenvalue weighted by Crippen LogP contribution is 2.25. The lowest BCUT2D eigenvalue weighted by Crippen LogP contribution is -2.16. The largest absolute Gasteiger partial charge is 0.386 e. The summed E-state index contributed by atoms with van der Waals surface area (Å²) in [6.07, 6.45) is 1.93. The van der Waals surface area contributed by atoms with E-state index in [0.29, 0.717) is 11.4 Å². The summed E-state index contributed by atoms with van der Waals surface area (Å²) in [7, 11) is 0. The molecule has 0 aliphatic carbocycles. The van der Waals surface area contributed by atoms with Gasteiger partial charge < -0.3 is 11.1 Å². The second-order valence-electron chi connectivity index (χ2n) is 3.56. The Morgan fingerprint density at radius 3 is 2.93 bits per heavy atom. The van der Waals surface area contributed by atoms with Crippen LogP contribution in [-0.2, 0) is 0 Å². The molecule has 1 aliphatic rings. The maximum absolute atomic E-state index is 13.3. The van der Waals surface area contributed by atoms with Crippen LogP contribution in [0.3, 0.4) is 0 Å². The van der Waals surface area contributed by atoms with Crippen LogP contribution >= 0.6 is 0 Å². The summed E-state index contributed by atoms with van der Waals surface area (Å²) < 4.78 is 13.3. The van der Waals surface area contributed by atoms with Crippen LogP contribution in [-0.4, -0.2) is 6.54 Å². The van der Waals surface area contributed by atoms with Crippen molar-refractivity contribution in [2.24, 2.45) is 5.73 Å². The van der Waals surface area contributed by atoms with Crippen LogP contribution < -0.4 is 11.1 Å². The van der Waals surface area contributed by atoms with Gasteiger partial charge in [0.1, 0.15) is 5.82 Å². The smallest absolute Gasteiger partial charge is 0.126 e. The number of nitrogens with one attached hydrogen (secondary N) is 1. The summed E-state index contributed by atoms with van der Waals surface area (Å²) in [4.78, 5) is 0. The van der Waals surface area contributed by atoms with Gasteiger partial charge in [-0.15, -0.1) is 0 Å². The Bertz CT molecular complexity index is 385. The van der Waals surface area contributed by atoms with Gasteiger partial charge in [0.2, 0.25) is 0 Å². The van der Waals surface area contributed by atoms with Gasteiger partial charge in [-0.3, -0.25) is 0 Å². The standard InChI is InChI=1S/C11H13FN2/c1-7-9(3-2-4-10(7)12)8-5-11(13)14-6-8/h2-5,8,14H,6,13H2,1H3. The zero-order valence-corrected chi connectivity index (χ0v) is 8.05. The predicted molar refractivity (Wildman–Crippen MR) is 54.2 cm³/mol. The summed E-state index contributed by atoms with van der Waals surface area (Å²) >= 11 is 0. The third-order valence-corrected chi connectivity index (χ3v) is 2.62. The summed E-state index contributed by atoms with van der Waals surface area (Å²) in [5.41, 5.74) is 7.33. The third-order valence-electron chi connectivity index (χ3n) is 2.62. The fraction of sp³-hybridized carbons (Fsp3) is 0.273. The molecule has 0 aromatic heterocycles. The van der Waals surface area contributed by atoms with Crippen molar-refractivity contribution in [3.8, 4) is 0 Å². The number of benzene rings is 1. The number of halogens is 1. The maximum Gasteiger partial charge on any atom is 0.126 e. The van der Waals surface area contributed by atoms with Crippen molar-refractivity contribution in [2.75, 3.05) is 6.54 Å². The van der Waals surface area contributed by atoms with E-state index in [0.717, 1.165) is 12.1 Å². The molecule has 2 nitrogen and oxygen atoms in total. The molecule has 0 amide bonds. The number of hydrogen-bond donors (Lipinski definition) is 2. The van der Waals surface area contributed by atoms with Crippen molar-refractivity contribution in [2.45, 2.75) is 12.8 Å². The molecule has 1 atom stereocenters. The minimum Gasteiger partial charge on any atom is -0.386 e. The van der Waals surface area contributed by atoms with Gasteiger partial charge in [-0.05, 0) is 30.2 Å². The topological polar surface area (TPSA) is 38.0 Å². The molecule has 3 heteroatoms. The van der Waals surface area contributed by atoms with Gasteiger partial charge in [-0.1, -0.05) is 12.1 Å². The lowest BCUT2D eigenvalue weighted by atomic mass is 9.95. The molecular formula is C11H13FN2. The lowest BCUT2D eigenvalue weighted by molar-refractivity contribution is 0.613. The van der Waals surface area contributed by atoms with E-state index in [4.69, 9.17) is 5.73 Å². The lowest BCUT2D eigenvalue weighted by Gasteiger charge is -2.11. The number of rotatable bonds is 1. The first-order chi connectivity index (χ1) is 6.68. The van der Waals surface area contributed by atoms with Gasteiger partial charge in [-0.25, -0.2) is 4.39 Å². The van der Waals surface area contributed by atoms with E-state index < -0.39 is 0 Å². The van der Waals surface area contributed by atoms with Crippen molar-refractivity contribution in [3.05, 3.63) is 47.0 Å². The van der Waals surface area contributed by atoms with Crippen LogP contribution in [0, 0.1) is 12.7 Å². The van der Waals surface area contributed by atoms with Gasteiger partial charge in [0, 0.05) is 12.5 Å². The molecule has 1 aliphatic heterocycles. The number of nitrogens with two attached hydrogens (primary N) is 1. The van der Waals surface area contributed by atoms with Gasteiger partial charge in [0.15, 0.2) is 0 Å². The Morgan fingerprint density at radius 1 is 1.50 bits per heavy atom. The van der Waals surface area contributed by atoms with Crippen LogP contribution in [0.5, 0.6) is 0 Å². The molecule has 74 valence electrons. The molecule has 2 rings (SSSR count). The Morgan fingerprint density at radius 2 is 2.29 bits per heavy atom. The van der Waals surface area contributed by atoms with Crippen molar-refractivity contribution < 1.29 is 4.39 Å². The van der Waals surface area contributed by atoms with E-state index in [9.17, 15) is 4.39 Å². The highest BCUT2D eigenvalue weighted by atomic mass is 19.1. The average molecular weight is 192 g/mol. The Kier molecular flexibility index (Phi) is 2.15. The molecule has 1 aromatic rings. The van der Waals surface area contributed by atoms with Crippen LogP contribution in [0.25, 0.3) is 0 Å². The molecule has 0 saturated carbocycles. The SMILES string of the molecule is Cc1c(F)cccc1C1C=C(N)NC1. The van der Waals surface area contributed by atoms with E-state index in [1.54, 1.807) is 13.0 Å². The summed E-state index contributed by atoms with van der Waals surface area (Å²) in [5, 5.41) is 3.03. The minimum absolute atomic E-state index is 0.152. The molecule has 0 bridgehead atoms. The van der Waals surface area contributed by atoms with E-state index in [1.165, 1.54) is 6.07 Å². The quantitative estimate of drug-likeness (QED) is 0.709. The summed E-state index contributed by atoms with van der Waals surface area (Å²) in [5.74, 6) is 0.728. The highest BCUT2D eigenvalue weighted by molar-refractivity contribution is 5.35. The maximum atomic E-state index is 13.3. The summed E-state index contributed by atoms with van der Waals surface area (Å²) in [6, 6.07) is 5.16. The van der Waals surface area contributed by atoms with Gasteiger partial charge in [-0.2, -0.15) is 0 Å². The van der Waals surface area contributed by atoms with Crippen LogP contribution in [0.15, 0.2) is 30.1 Å². The first-order valence-electron chi connectivity index (χ1n) is 4.64. The van der Waals surface area contributed by atoms with Crippen molar-refractivity contribution in [3.63, 3.8) is 0 Å². The average Bonchev–Trinajstić information content (AvgIpc) is 2.57. The van der Waals surface area contributed by atoms with Crippen molar-refractivity contribution >= 4 is 0 Å². The highest BCUT2D eigenvalue weighted by Gasteiger charge is 2.17. The van der Waals surface area contributed by atoms with Gasteiger partial charge in [0.05, 0.1) is 5.82 Å². The molecule has 0 saturated heterocycles. The van der Waals surface area contributed by atoms with Gasteiger partial charge in [0.25, 0.3) is 0 Å². The van der Waals surface area contributed by atoms with Gasteiger partial charge >= 0.3 is 0 Å². The van der Waals surface area contributed by atoms with Crippen LogP contribution in [0.1, 0.15) is 17.0 Å². The Hall–Kier alpha value is -1.51. The second kappa shape index (κ2) is 3.33. The summed E-state index contributed by atoms with van der Waals surface area (Å²) in [6.45, 7) is 2.56. The molecule has 14 heavy (non-hydrogen) atoms. The Balaban J connectivity index is 2.37. The predicted octanol–water partition coefficient (Wildman–Crippen LogP) is 1.62. The zero-order valence-electron chi connectivity index (χ0n) is 8.05. The molecule has 1 heterocycles. The van der Waals surface area contributed by atoms with Crippen molar-refractivity contribution in [1.82, 2.24) is 5.32 Å². The first-order valence-corrected chi connectivity index (χ1v) is 4.64. The van der Waals surface area contributed by atoms with E-state index in [2.05, 4.69) is 5.32 Å². The molecule has 1 unspecified atom stereocenters. The van der Waals surface area contributed by atoms with E-state index >= 15 is 0 Å². The first kappa shape index (κ1) is 9.06. The second-order valence-corrected chi connectivity index (χ2v) is 3.56. The van der Waals surface area contributed by atoms with Crippen LogP contribution in [0.2, 0.25) is 0 Å². The molecular weight excluding hydrogens is 179 g/mol. The Labute approximate surface area is 82.6 Å². The fourth-order valence-electron chi connectivity index (χ4n) is 1.79. The molecule has 0 radical (unpaired) electrons. The van der Waals surface area contributed by atoms with Crippen molar-refractivity contribution in [1.29, 1.82) is 0 Å². The van der Waals surface area contributed by atoms with Crippen LogP contribution in [0.4, 0.5) is 4.39 Å². The molecule has 1 aromatic carbocycles. The zero-order chi connectivity index (χ0) is 10.1. The van der Waals surface area contributed by atoms with E-state index in [1.807, 2.05) is 12.1 Å². The molecule has 0 spiro atoms. The fourth-order valence-corrected chi connectivity index (χ4v) is 1.79. The minimum atomic E-state index is -0.152. The number of hydrogen-bond acceptors (Lipinski definition) is 2. The van der Waals surface area contributed by atoms with E-state index in [-0.39, 0.29) is 11.7 Å². The molecule has 0 fully saturated rings.